The number of hydrogen-bond donors (Lipinski definition) is 2. The van der Waals surface area contributed by atoms with Crippen LogP contribution in [0, 0.1) is 6.92 Å². The first kappa shape index (κ1) is 20.0. The normalized spacial score (nSPS) is 11.1. The van der Waals surface area contributed by atoms with E-state index in [-0.39, 0.29) is 24.0 Å². The van der Waals surface area contributed by atoms with Crippen molar-refractivity contribution in [2.24, 2.45) is 4.99 Å². The summed E-state index contributed by atoms with van der Waals surface area (Å²) in [6, 6.07) is 11.9. The van der Waals surface area contributed by atoms with Gasteiger partial charge in [-0.3, -0.25) is 4.99 Å². The van der Waals surface area contributed by atoms with Gasteiger partial charge in [0.25, 0.3) is 0 Å². The first-order valence-electron chi connectivity index (χ1n) is 8.11. The molecule has 0 bridgehead atoms. The molecule has 6 nitrogen and oxygen atoms in total. The molecule has 0 atom stereocenters. The molecular weight excluding hydrogens is 443 g/mol. The third kappa shape index (κ3) is 4.66. The van der Waals surface area contributed by atoms with Crippen molar-refractivity contribution in [1.82, 2.24) is 15.6 Å². The van der Waals surface area contributed by atoms with E-state index in [1.807, 2.05) is 30.3 Å². The minimum atomic E-state index is 0. The number of para-hydroxylation sites is 1. The van der Waals surface area contributed by atoms with Gasteiger partial charge in [0, 0.05) is 36.8 Å². The Bertz CT molecular complexity index is 875. The predicted octanol–water partition coefficient (Wildman–Crippen LogP) is 3.63. The number of halogens is 1. The maximum absolute atomic E-state index is 5.91. The molecule has 0 amide bonds. The van der Waals surface area contributed by atoms with Crippen molar-refractivity contribution >= 4 is 40.9 Å². The molecule has 2 heterocycles. The van der Waals surface area contributed by atoms with Crippen molar-refractivity contribution in [1.29, 1.82) is 0 Å². The molecule has 2 aromatic heterocycles. The van der Waals surface area contributed by atoms with Gasteiger partial charge in [-0.05, 0) is 18.6 Å². The van der Waals surface area contributed by atoms with E-state index in [4.69, 9.17) is 9.15 Å². The monoisotopic (exact) mass is 466 g/mol. The van der Waals surface area contributed by atoms with Crippen molar-refractivity contribution in [2.45, 2.75) is 20.0 Å². The highest BCUT2D eigenvalue weighted by molar-refractivity contribution is 14.0. The van der Waals surface area contributed by atoms with E-state index < -0.39 is 0 Å². The van der Waals surface area contributed by atoms with Crippen molar-refractivity contribution in [3.8, 4) is 5.88 Å². The van der Waals surface area contributed by atoms with Crippen LogP contribution in [-0.2, 0) is 13.1 Å². The summed E-state index contributed by atoms with van der Waals surface area (Å²) in [7, 11) is 3.35. The van der Waals surface area contributed by atoms with Gasteiger partial charge in [-0.15, -0.1) is 24.0 Å². The molecule has 0 saturated heterocycles. The summed E-state index contributed by atoms with van der Waals surface area (Å²) in [4.78, 5) is 8.44. The Hall–Kier alpha value is -2.29. The third-order valence-electron chi connectivity index (χ3n) is 4.05. The fourth-order valence-corrected chi connectivity index (χ4v) is 2.60. The second-order valence-electron chi connectivity index (χ2n) is 5.63. The summed E-state index contributed by atoms with van der Waals surface area (Å²) in [6.07, 6.45) is 1.78. The number of rotatable bonds is 5. The molecule has 0 fully saturated rings. The number of guanidine groups is 1. The fraction of sp³-hybridized carbons (Fsp3) is 0.263. The van der Waals surface area contributed by atoms with Crippen LogP contribution < -0.4 is 15.4 Å². The number of nitrogens with zero attached hydrogens (tertiary/aromatic N) is 2. The maximum atomic E-state index is 5.91. The lowest BCUT2D eigenvalue weighted by atomic mass is 10.1. The Morgan fingerprint density at radius 2 is 1.92 bits per heavy atom. The zero-order valence-electron chi connectivity index (χ0n) is 15.1. The van der Waals surface area contributed by atoms with E-state index in [1.54, 1.807) is 20.4 Å². The largest absolute Gasteiger partial charge is 0.481 e. The van der Waals surface area contributed by atoms with E-state index in [1.165, 1.54) is 0 Å². The molecule has 0 saturated carbocycles. The quantitative estimate of drug-likeness (QED) is 0.342. The van der Waals surface area contributed by atoms with E-state index in [0.717, 1.165) is 27.9 Å². The highest BCUT2D eigenvalue weighted by Gasteiger charge is 2.10. The Morgan fingerprint density at radius 1 is 1.15 bits per heavy atom. The number of pyridine rings is 1. The van der Waals surface area contributed by atoms with Crippen LogP contribution in [0.2, 0.25) is 0 Å². The minimum Gasteiger partial charge on any atom is -0.481 e. The number of aromatic nitrogens is 1. The van der Waals surface area contributed by atoms with Gasteiger partial charge in [0.15, 0.2) is 5.96 Å². The van der Waals surface area contributed by atoms with Crippen LogP contribution >= 0.6 is 24.0 Å². The molecule has 0 aliphatic rings. The van der Waals surface area contributed by atoms with Gasteiger partial charge in [0.1, 0.15) is 11.3 Å². The van der Waals surface area contributed by atoms with Crippen molar-refractivity contribution < 1.29 is 9.15 Å². The van der Waals surface area contributed by atoms with Gasteiger partial charge in [0.2, 0.25) is 5.88 Å². The molecule has 26 heavy (non-hydrogen) atoms. The molecule has 138 valence electrons. The van der Waals surface area contributed by atoms with Gasteiger partial charge in [-0.25, -0.2) is 4.98 Å². The second kappa shape index (κ2) is 9.42. The van der Waals surface area contributed by atoms with Crippen molar-refractivity contribution in [3.05, 3.63) is 59.5 Å². The lowest BCUT2D eigenvalue weighted by Gasteiger charge is -2.11. The van der Waals surface area contributed by atoms with Crippen LogP contribution in [0.4, 0.5) is 0 Å². The number of nitrogens with one attached hydrogen (secondary N) is 2. The maximum Gasteiger partial charge on any atom is 0.212 e. The number of ether oxygens (including phenoxy) is 1. The van der Waals surface area contributed by atoms with Crippen molar-refractivity contribution in [3.63, 3.8) is 0 Å². The Labute approximate surface area is 170 Å². The van der Waals surface area contributed by atoms with Gasteiger partial charge in [-0.2, -0.15) is 0 Å². The first-order valence-corrected chi connectivity index (χ1v) is 8.11. The SMILES string of the molecule is CN=C(NCc1ccc(OC)nc1)NCc1oc2ccccc2c1C.I. The average Bonchev–Trinajstić information content (AvgIpc) is 2.98. The molecule has 0 radical (unpaired) electrons. The standard InChI is InChI=1S/C19H22N4O2.HI/c1-13-15-6-4-5-7-16(15)25-17(13)12-23-19(20-2)22-11-14-8-9-18(24-3)21-10-14;/h4-10H,11-12H2,1-3H3,(H2,20,22,23);1H. The molecule has 0 spiro atoms. The summed E-state index contributed by atoms with van der Waals surface area (Å²) in [6.45, 7) is 3.26. The Morgan fingerprint density at radius 3 is 2.58 bits per heavy atom. The van der Waals surface area contributed by atoms with Crippen LogP contribution in [0.5, 0.6) is 5.88 Å². The third-order valence-corrected chi connectivity index (χ3v) is 4.05. The highest BCUT2D eigenvalue weighted by Crippen LogP contribution is 2.24. The fourth-order valence-electron chi connectivity index (χ4n) is 2.60. The number of methoxy groups -OCH3 is 1. The molecule has 7 heteroatoms. The Kier molecular flexibility index (Phi) is 7.26. The number of fused-ring (bicyclic) bond motifs is 1. The zero-order valence-corrected chi connectivity index (χ0v) is 17.4. The highest BCUT2D eigenvalue weighted by atomic mass is 127. The summed E-state index contributed by atoms with van der Waals surface area (Å²) in [5.74, 6) is 2.22. The van der Waals surface area contributed by atoms with Gasteiger partial charge in [0.05, 0.1) is 13.7 Å². The summed E-state index contributed by atoms with van der Waals surface area (Å²) in [5.41, 5.74) is 3.10. The summed E-state index contributed by atoms with van der Waals surface area (Å²) >= 11 is 0. The summed E-state index contributed by atoms with van der Waals surface area (Å²) in [5, 5.41) is 7.69. The lowest BCUT2D eigenvalue weighted by molar-refractivity contribution is 0.397. The van der Waals surface area contributed by atoms with Crippen molar-refractivity contribution in [2.75, 3.05) is 14.2 Å². The van der Waals surface area contributed by atoms with Gasteiger partial charge < -0.3 is 19.8 Å². The van der Waals surface area contributed by atoms with Crippen LogP contribution in [0.25, 0.3) is 11.0 Å². The molecule has 0 aliphatic heterocycles. The van der Waals surface area contributed by atoms with Crippen LogP contribution in [0.15, 0.2) is 52.0 Å². The smallest absolute Gasteiger partial charge is 0.212 e. The molecule has 0 unspecified atom stereocenters. The summed E-state index contributed by atoms with van der Waals surface area (Å²) < 4.78 is 11.0. The topological polar surface area (TPSA) is 71.7 Å². The molecular formula is C19H23IN4O2. The van der Waals surface area contributed by atoms with Gasteiger partial charge >= 0.3 is 0 Å². The Balaban J connectivity index is 0.00000243. The molecule has 3 rings (SSSR count). The van der Waals surface area contributed by atoms with Crippen LogP contribution in [0.3, 0.4) is 0 Å². The van der Waals surface area contributed by atoms with E-state index in [2.05, 4.69) is 33.6 Å². The number of furan rings is 1. The molecule has 3 aromatic rings. The van der Waals surface area contributed by atoms with Gasteiger partial charge in [-0.1, -0.05) is 24.3 Å². The average molecular weight is 466 g/mol. The van der Waals surface area contributed by atoms with Crippen LogP contribution in [0.1, 0.15) is 16.9 Å². The number of aliphatic imine (C=N–C) groups is 1. The molecule has 2 N–H and O–H groups in total. The zero-order chi connectivity index (χ0) is 17.6. The number of benzene rings is 1. The lowest BCUT2D eigenvalue weighted by Crippen LogP contribution is -2.36. The van der Waals surface area contributed by atoms with E-state index in [0.29, 0.717) is 24.9 Å². The predicted molar refractivity (Wildman–Crippen MR) is 114 cm³/mol. The molecule has 0 aliphatic carbocycles. The van der Waals surface area contributed by atoms with Crippen LogP contribution in [-0.4, -0.2) is 25.1 Å². The number of hydrogen-bond acceptors (Lipinski definition) is 4. The number of aryl methyl sites for hydroxylation is 1. The van der Waals surface area contributed by atoms with E-state index in [9.17, 15) is 0 Å². The minimum absolute atomic E-state index is 0. The second-order valence-corrected chi connectivity index (χ2v) is 5.63. The first-order chi connectivity index (χ1) is 12.2. The van der Waals surface area contributed by atoms with E-state index >= 15 is 0 Å². The molecule has 1 aromatic carbocycles.